The topological polar surface area (TPSA) is 41.9 Å². The molecule has 1 N–H and O–H groups in total. The van der Waals surface area contributed by atoms with Crippen LogP contribution >= 0.6 is 0 Å². The number of nitrogens with zero attached hydrogens (tertiary/aromatic N) is 1. The summed E-state index contributed by atoms with van der Waals surface area (Å²) in [6, 6.07) is 22.2. The maximum absolute atomic E-state index is 13.3. The Morgan fingerprint density at radius 2 is 1.43 bits per heavy atom. The van der Waals surface area contributed by atoms with E-state index in [0.717, 1.165) is 16.7 Å². The molecule has 3 aromatic rings. The van der Waals surface area contributed by atoms with Crippen LogP contribution in [0.1, 0.15) is 16.7 Å². The largest absolute Gasteiger partial charge is 0.493 e. The first kappa shape index (κ1) is 21.8. The van der Waals surface area contributed by atoms with E-state index in [0.29, 0.717) is 37.6 Å². The number of benzene rings is 3. The lowest BCUT2D eigenvalue weighted by Crippen LogP contribution is -2.33. The Balaban J connectivity index is 1.75. The van der Waals surface area contributed by atoms with Crippen molar-refractivity contribution in [2.75, 3.05) is 20.8 Å². The molecule has 0 spiro atoms. The molecule has 1 atom stereocenters. The second-order valence-electron chi connectivity index (χ2n) is 7.33. The molecule has 4 nitrogen and oxygen atoms in total. The van der Waals surface area contributed by atoms with E-state index in [-0.39, 0.29) is 5.82 Å². The van der Waals surface area contributed by atoms with Gasteiger partial charge in [0.05, 0.1) is 20.3 Å². The third-order valence-corrected chi connectivity index (χ3v) is 4.96. The van der Waals surface area contributed by atoms with Gasteiger partial charge in [-0.05, 0) is 47.4 Å². The Morgan fingerprint density at radius 1 is 0.800 bits per heavy atom. The lowest BCUT2D eigenvalue weighted by molar-refractivity contribution is 0.104. The van der Waals surface area contributed by atoms with Crippen LogP contribution < -0.4 is 9.47 Å². The molecule has 0 aromatic heterocycles. The molecule has 0 fully saturated rings. The minimum Gasteiger partial charge on any atom is -0.493 e. The summed E-state index contributed by atoms with van der Waals surface area (Å²) in [6.45, 7) is 1.70. The van der Waals surface area contributed by atoms with Gasteiger partial charge in [0, 0.05) is 19.6 Å². The van der Waals surface area contributed by atoms with Crippen LogP contribution in [-0.2, 0) is 19.5 Å². The third kappa shape index (κ3) is 6.31. The number of ether oxygens (including phenoxy) is 2. The average Bonchev–Trinajstić information content (AvgIpc) is 2.75. The predicted molar refractivity (Wildman–Crippen MR) is 116 cm³/mol. The molecule has 0 aliphatic rings. The fourth-order valence-electron chi connectivity index (χ4n) is 3.52. The van der Waals surface area contributed by atoms with Gasteiger partial charge in [-0.25, -0.2) is 4.39 Å². The maximum atomic E-state index is 13.3. The zero-order valence-electron chi connectivity index (χ0n) is 17.4. The first-order chi connectivity index (χ1) is 14.6. The van der Waals surface area contributed by atoms with Crippen molar-refractivity contribution in [3.05, 3.63) is 95.3 Å². The minimum atomic E-state index is -0.520. The fraction of sp³-hybridized carbons (Fsp3) is 0.280. The number of rotatable bonds is 10. The van der Waals surface area contributed by atoms with Crippen molar-refractivity contribution in [1.82, 2.24) is 4.90 Å². The van der Waals surface area contributed by atoms with Crippen LogP contribution in [0.3, 0.4) is 0 Å². The Bertz CT molecular complexity index is 915. The van der Waals surface area contributed by atoms with Gasteiger partial charge in [0.25, 0.3) is 0 Å². The number of hydrogen-bond donors (Lipinski definition) is 1. The highest BCUT2D eigenvalue weighted by Gasteiger charge is 2.15. The van der Waals surface area contributed by atoms with E-state index in [1.807, 2.05) is 48.5 Å². The number of aliphatic hydroxyl groups is 1. The molecular weight excluding hydrogens is 381 g/mol. The van der Waals surface area contributed by atoms with Crippen molar-refractivity contribution in [1.29, 1.82) is 0 Å². The zero-order valence-corrected chi connectivity index (χ0v) is 17.4. The molecule has 3 rings (SSSR count). The van der Waals surface area contributed by atoms with Gasteiger partial charge in [0.2, 0.25) is 0 Å². The molecule has 0 radical (unpaired) electrons. The van der Waals surface area contributed by atoms with Gasteiger partial charge in [0.15, 0.2) is 11.5 Å². The van der Waals surface area contributed by atoms with Gasteiger partial charge in [-0.1, -0.05) is 48.5 Å². The highest BCUT2D eigenvalue weighted by Crippen LogP contribution is 2.28. The van der Waals surface area contributed by atoms with Crippen LogP contribution in [0, 0.1) is 5.82 Å². The molecule has 0 bridgehead atoms. The second kappa shape index (κ2) is 10.8. The predicted octanol–water partition coefficient (Wildman–Crippen LogP) is 4.45. The van der Waals surface area contributed by atoms with E-state index < -0.39 is 6.10 Å². The summed E-state index contributed by atoms with van der Waals surface area (Å²) in [7, 11) is 3.22. The number of hydrogen-bond acceptors (Lipinski definition) is 4. The lowest BCUT2D eigenvalue weighted by Gasteiger charge is -2.26. The van der Waals surface area contributed by atoms with E-state index in [1.54, 1.807) is 26.4 Å². The Labute approximate surface area is 177 Å². The Morgan fingerprint density at radius 3 is 2.10 bits per heavy atom. The number of halogens is 1. The van der Waals surface area contributed by atoms with E-state index in [4.69, 9.17) is 9.47 Å². The Hall–Kier alpha value is -2.89. The molecule has 3 aromatic carbocycles. The monoisotopic (exact) mass is 409 g/mol. The number of aliphatic hydroxyl groups excluding tert-OH is 1. The van der Waals surface area contributed by atoms with Crippen LogP contribution in [0.2, 0.25) is 0 Å². The molecule has 0 saturated carbocycles. The van der Waals surface area contributed by atoms with Crippen molar-refractivity contribution in [2.45, 2.75) is 25.6 Å². The minimum absolute atomic E-state index is 0.255. The molecule has 0 amide bonds. The lowest BCUT2D eigenvalue weighted by atomic mass is 10.1. The average molecular weight is 410 g/mol. The van der Waals surface area contributed by atoms with E-state index >= 15 is 0 Å². The molecular formula is C25H28FNO3. The summed E-state index contributed by atoms with van der Waals surface area (Å²) < 4.78 is 24.0. The van der Waals surface area contributed by atoms with E-state index in [9.17, 15) is 9.50 Å². The van der Waals surface area contributed by atoms with Crippen LogP contribution in [-0.4, -0.2) is 36.9 Å². The Kier molecular flexibility index (Phi) is 7.82. The molecule has 0 aliphatic carbocycles. The third-order valence-electron chi connectivity index (χ3n) is 4.96. The number of methoxy groups -OCH3 is 2. The first-order valence-corrected chi connectivity index (χ1v) is 9.97. The SMILES string of the molecule is COc1ccc(CN(Cc2ccc(F)cc2)CC(O)Cc2ccccc2)cc1OC. The normalized spacial score (nSPS) is 12.0. The van der Waals surface area contributed by atoms with E-state index in [1.165, 1.54) is 12.1 Å². The summed E-state index contributed by atoms with van der Waals surface area (Å²) in [5.74, 6) is 1.09. The van der Waals surface area contributed by atoms with Crippen LogP contribution in [0.15, 0.2) is 72.8 Å². The van der Waals surface area contributed by atoms with Crippen molar-refractivity contribution in [2.24, 2.45) is 0 Å². The summed E-state index contributed by atoms with van der Waals surface area (Å²) in [4.78, 5) is 2.15. The summed E-state index contributed by atoms with van der Waals surface area (Å²) in [6.07, 6.45) is 0.0557. The molecule has 0 heterocycles. The van der Waals surface area contributed by atoms with Gasteiger partial charge in [-0.15, -0.1) is 0 Å². The molecule has 0 aliphatic heterocycles. The molecule has 0 saturated heterocycles. The van der Waals surface area contributed by atoms with Gasteiger partial charge in [-0.3, -0.25) is 4.90 Å². The second-order valence-corrected chi connectivity index (χ2v) is 7.33. The van der Waals surface area contributed by atoms with Crippen molar-refractivity contribution in [3.8, 4) is 11.5 Å². The van der Waals surface area contributed by atoms with Gasteiger partial charge < -0.3 is 14.6 Å². The van der Waals surface area contributed by atoms with Crippen molar-refractivity contribution >= 4 is 0 Å². The molecule has 158 valence electrons. The molecule has 1 unspecified atom stereocenters. The highest BCUT2D eigenvalue weighted by molar-refractivity contribution is 5.42. The summed E-state index contributed by atoms with van der Waals surface area (Å²) in [5.41, 5.74) is 3.13. The van der Waals surface area contributed by atoms with Crippen molar-refractivity contribution < 1.29 is 19.0 Å². The van der Waals surface area contributed by atoms with Gasteiger partial charge in [0.1, 0.15) is 5.82 Å². The van der Waals surface area contributed by atoms with Gasteiger partial charge >= 0.3 is 0 Å². The summed E-state index contributed by atoms with van der Waals surface area (Å²) in [5, 5.41) is 10.7. The highest BCUT2D eigenvalue weighted by atomic mass is 19.1. The standard InChI is InChI=1S/C25H28FNO3/c1-29-24-13-10-21(15-25(24)30-2)17-27(16-20-8-11-22(26)12-9-20)18-23(28)14-19-6-4-3-5-7-19/h3-13,15,23,28H,14,16-18H2,1-2H3. The van der Waals surface area contributed by atoms with Crippen LogP contribution in [0.5, 0.6) is 11.5 Å². The van der Waals surface area contributed by atoms with Crippen LogP contribution in [0.4, 0.5) is 4.39 Å². The smallest absolute Gasteiger partial charge is 0.161 e. The van der Waals surface area contributed by atoms with E-state index in [2.05, 4.69) is 4.90 Å². The zero-order chi connectivity index (χ0) is 21.3. The van der Waals surface area contributed by atoms with Crippen LogP contribution in [0.25, 0.3) is 0 Å². The van der Waals surface area contributed by atoms with Gasteiger partial charge in [-0.2, -0.15) is 0 Å². The quantitative estimate of drug-likeness (QED) is 0.537. The maximum Gasteiger partial charge on any atom is 0.161 e. The van der Waals surface area contributed by atoms with Crippen molar-refractivity contribution in [3.63, 3.8) is 0 Å². The molecule has 5 heteroatoms. The molecule has 30 heavy (non-hydrogen) atoms. The summed E-state index contributed by atoms with van der Waals surface area (Å²) >= 11 is 0. The fourth-order valence-corrected chi connectivity index (χ4v) is 3.52. The first-order valence-electron chi connectivity index (χ1n) is 9.97.